The highest BCUT2D eigenvalue weighted by molar-refractivity contribution is 5.89. The number of hydrogen-bond acceptors (Lipinski definition) is 2. The minimum Gasteiger partial charge on any atom is -0.352 e. The fourth-order valence-corrected chi connectivity index (χ4v) is 5.63. The summed E-state index contributed by atoms with van der Waals surface area (Å²) in [6.45, 7) is 0.0383. The molecule has 4 aromatic carbocycles. The van der Waals surface area contributed by atoms with Crippen molar-refractivity contribution < 1.29 is 14.0 Å². The summed E-state index contributed by atoms with van der Waals surface area (Å²) >= 11 is 0. The largest absolute Gasteiger partial charge is 0.352 e. The molecular formula is C34H35FN2O2. The number of halogens is 1. The Hall–Kier alpha value is -3.99. The summed E-state index contributed by atoms with van der Waals surface area (Å²) in [4.78, 5) is 29.3. The standard InChI is InChI=1S/C34H35FN2O2/c35-31-20-9-5-14-28(31)24-37(33(38)22-21-27-16-10-15-26-13-4-8-19-30(26)27)32(23-25-11-2-1-3-12-25)34(39)36-29-17-6-7-18-29/h1-5,8-16,19-20,29,32H,6-7,17-18,21-24H2,(H,36,39)/t32-/m0/s1. The summed E-state index contributed by atoms with van der Waals surface area (Å²) in [5.41, 5.74) is 2.45. The van der Waals surface area contributed by atoms with Gasteiger partial charge in [-0.3, -0.25) is 9.59 Å². The molecule has 0 aromatic heterocycles. The molecule has 0 heterocycles. The maximum atomic E-state index is 14.8. The van der Waals surface area contributed by atoms with Crippen LogP contribution in [0.25, 0.3) is 10.8 Å². The molecule has 0 bridgehead atoms. The van der Waals surface area contributed by atoms with Gasteiger partial charge in [-0.1, -0.05) is 104 Å². The second kappa shape index (κ2) is 12.7. The van der Waals surface area contributed by atoms with Crippen LogP contribution in [-0.4, -0.2) is 28.8 Å². The highest BCUT2D eigenvalue weighted by atomic mass is 19.1. The van der Waals surface area contributed by atoms with E-state index in [0.717, 1.165) is 47.6 Å². The van der Waals surface area contributed by atoms with Crippen LogP contribution in [0.2, 0.25) is 0 Å². The summed E-state index contributed by atoms with van der Waals surface area (Å²) in [7, 11) is 0. The van der Waals surface area contributed by atoms with Crippen molar-refractivity contribution in [3.63, 3.8) is 0 Å². The molecule has 4 aromatic rings. The van der Waals surface area contributed by atoms with E-state index in [4.69, 9.17) is 0 Å². The number of hydrogen-bond donors (Lipinski definition) is 1. The van der Waals surface area contributed by atoms with Gasteiger partial charge in [0, 0.05) is 31.0 Å². The Balaban J connectivity index is 1.44. The molecule has 1 aliphatic rings. The molecule has 0 saturated heterocycles. The fourth-order valence-electron chi connectivity index (χ4n) is 5.63. The molecule has 39 heavy (non-hydrogen) atoms. The Morgan fingerprint density at radius 1 is 0.821 bits per heavy atom. The smallest absolute Gasteiger partial charge is 0.243 e. The molecule has 5 heteroatoms. The number of aryl methyl sites for hydroxylation is 1. The molecule has 2 amide bonds. The lowest BCUT2D eigenvalue weighted by molar-refractivity contribution is -0.141. The summed E-state index contributed by atoms with van der Waals surface area (Å²) in [5, 5.41) is 5.45. The molecule has 1 saturated carbocycles. The van der Waals surface area contributed by atoms with Crippen LogP contribution in [0.3, 0.4) is 0 Å². The summed E-state index contributed by atoms with van der Waals surface area (Å²) in [5.74, 6) is -0.701. The van der Waals surface area contributed by atoms with E-state index in [-0.39, 0.29) is 36.6 Å². The number of carbonyl (C=O) groups excluding carboxylic acids is 2. The average Bonchev–Trinajstić information content (AvgIpc) is 3.48. The molecule has 4 nitrogen and oxygen atoms in total. The van der Waals surface area contributed by atoms with E-state index in [2.05, 4.69) is 23.5 Å². The highest BCUT2D eigenvalue weighted by Gasteiger charge is 2.32. The van der Waals surface area contributed by atoms with Gasteiger partial charge in [-0.25, -0.2) is 4.39 Å². The monoisotopic (exact) mass is 522 g/mol. The Kier molecular flexibility index (Phi) is 8.67. The van der Waals surface area contributed by atoms with E-state index in [1.165, 1.54) is 6.07 Å². The molecule has 0 radical (unpaired) electrons. The number of nitrogens with one attached hydrogen (secondary N) is 1. The first-order valence-electron chi connectivity index (χ1n) is 13.9. The van der Waals surface area contributed by atoms with Gasteiger partial charge in [-0.15, -0.1) is 0 Å². The van der Waals surface area contributed by atoms with Crippen molar-refractivity contribution in [1.82, 2.24) is 10.2 Å². The second-order valence-corrected chi connectivity index (χ2v) is 10.4. The average molecular weight is 523 g/mol. The lowest BCUT2D eigenvalue weighted by Gasteiger charge is -2.32. The van der Waals surface area contributed by atoms with Crippen LogP contribution in [-0.2, 0) is 29.0 Å². The van der Waals surface area contributed by atoms with Gasteiger partial charge in [0.1, 0.15) is 11.9 Å². The van der Waals surface area contributed by atoms with Crippen LogP contribution in [0.15, 0.2) is 97.1 Å². The number of benzene rings is 4. The van der Waals surface area contributed by atoms with Crippen LogP contribution >= 0.6 is 0 Å². The van der Waals surface area contributed by atoms with E-state index < -0.39 is 6.04 Å². The molecule has 1 aliphatic carbocycles. The third-order valence-electron chi connectivity index (χ3n) is 7.76. The topological polar surface area (TPSA) is 49.4 Å². The number of carbonyl (C=O) groups is 2. The Bertz CT molecular complexity index is 1410. The predicted molar refractivity (Wildman–Crippen MR) is 154 cm³/mol. The van der Waals surface area contributed by atoms with Crippen molar-refractivity contribution in [2.45, 2.75) is 63.6 Å². The number of amides is 2. The zero-order valence-corrected chi connectivity index (χ0v) is 22.2. The Labute approximate surface area is 229 Å². The van der Waals surface area contributed by atoms with Gasteiger partial charge in [0.05, 0.1) is 0 Å². The molecule has 1 fully saturated rings. The Morgan fingerprint density at radius 3 is 2.28 bits per heavy atom. The SMILES string of the molecule is O=C(NC1CCCC1)[C@H](Cc1ccccc1)N(Cc1ccccc1F)C(=O)CCc1cccc2ccccc12. The third-order valence-corrected chi connectivity index (χ3v) is 7.76. The number of fused-ring (bicyclic) bond motifs is 1. The van der Waals surface area contributed by atoms with Crippen LogP contribution < -0.4 is 5.32 Å². The van der Waals surface area contributed by atoms with E-state index in [1.807, 2.05) is 54.6 Å². The molecule has 0 aliphatic heterocycles. The first-order chi connectivity index (χ1) is 19.1. The van der Waals surface area contributed by atoms with Crippen molar-refractivity contribution in [3.8, 4) is 0 Å². The summed E-state index contributed by atoms with van der Waals surface area (Å²) in [6.07, 6.45) is 5.22. The Morgan fingerprint density at radius 2 is 1.49 bits per heavy atom. The first kappa shape index (κ1) is 26.6. The highest BCUT2D eigenvalue weighted by Crippen LogP contribution is 2.23. The fraction of sp³-hybridized carbons (Fsp3) is 0.294. The van der Waals surface area contributed by atoms with Gasteiger partial charge in [0.2, 0.25) is 11.8 Å². The van der Waals surface area contributed by atoms with Crippen molar-refractivity contribution in [2.75, 3.05) is 0 Å². The number of nitrogens with zero attached hydrogens (tertiary/aromatic N) is 1. The van der Waals surface area contributed by atoms with Crippen molar-refractivity contribution in [2.24, 2.45) is 0 Å². The molecular weight excluding hydrogens is 487 g/mol. The minimum atomic E-state index is -0.743. The zero-order valence-electron chi connectivity index (χ0n) is 22.2. The van der Waals surface area contributed by atoms with E-state index in [9.17, 15) is 14.0 Å². The van der Waals surface area contributed by atoms with Gasteiger partial charge in [0.25, 0.3) is 0 Å². The zero-order chi connectivity index (χ0) is 27.0. The van der Waals surface area contributed by atoms with Crippen molar-refractivity contribution in [1.29, 1.82) is 0 Å². The predicted octanol–water partition coefficient (Wildman–Crippen LogP) is 6.61. The maximum Gasteiger partial charge on any atom is 0.243 e. The molecule has 0 unspecified atom stereocenters. The van der Waals surface area contributed by atoms with E-state index in [1.54, 1.807) is 23.1 Å². The van der Waals surface area contributed by atoms with Crippen molar-refractivity contribution in [3.05, 3.63) is 120 Å². The first-order valence-corrected chi connectivity index (χ1v) is 13.9. The lowest BCUT2D eigenvalue weighted by Crippen LogP contribution is -2.52. The maximum absolute atomic E-state index is 14.8. The molecule has 5 rings (SSSR count). The molecule has 200 valence electrons. The van der Waals surface area contributed by atoms with Crippen LogP contribution in [0.4, 0.5) is 4.39 Å². The molecule has 0 spiro atoms. The van der Waals surface area contributed by atoms with Crippen molar-refractivity contribution >= 4 is 22.6 Å². The van der Waals surface area contributed by atoms with Gasteiger partial charge in [0.15, 0.2) is 0 Å². The van der Waals surface area contributed by atoms with Gasteiger partial charge in [-0.2, -0.15) is 0 Å². The van der Waals surface area contributed by atoms with Crippen LogP contribution in [0.5, 0.6) is 0 Å². The summed E-state index contributed by atoms with van der Waals surface area (Å²) < 4.78 is 14.8. The lowest BCUT2D eigenvalue weighted by atomic mass is 9.99. The normalized spacial score (nSPS) is 14.3. The number of rotatable bonds is 10. The van der Waals surface area contributed by atoms with Crippen LogP contribution in [0, 0.1) is 5.82 Å². The van der Waals surface area contributed by atoms with Crippen LogP contribution in [0.1, 0.15) is 48.8 Å². The molecule has 1 atom stereocenters. The van der Waals surface area contributed by atoms with Gasteiger partial charge < -0.3 is 10.2 Å². The van der Waals surface area contributed by atoms with E-state index >= 15 is 0 Å². The van der Waals surface area contributed by atoms with Gasteiger partial charge >= 0.3 is 0 Å². The second-order valence-electron chi connectivity index (χ2n) is 10.4. The third kappa shape index (κ3) is 6.72. The summed E-state index contributed by atoms with van der Waals surface area (Å²) in [6, 6.07) is 29.9. The minimum absolute atomic E-state index is 0.0383. The van der Waals surface area contributed by atoms with E-state index in [0.29, 0.717) is 18.4 Å². The van der Waals surface area contributed by atoms with Gasteiger partial charge in [-0.05, 0) is 47.2 Å². The quantitative estimate of drug-likeness (QED) is 0.255. The molecule has 1 N–H and O–H groups in total.